The molecule has 6 heteroatoms. The molecule has 116 valence electrons. The van der Waals surface area contributed by atoms with Crippen LogP contribution in [0.3, 0.4) is 0 Å². The van der Waals surface area contributed by atoms with Gasteiger partial charge in [-0.3, -0.25) is 9.69 Å². The average molecular weight is 298 g/mol. The maximum atomic E-state index is 13.3. The van der Waals surface area contributed by atoms with E-state index in [4.69, 9.17) is 5.11 Å². The van der Waals surface area contributed by atoms with E-state index in [-0.39, 0.29) is 12.5 Å². The lowest BCUT2D eigenvalue weighted by Gasteiger charge is -2.29. The van der Waals surface area contributed by atoms with Gasteiger partial charge in [0.05, 0.1) is 6.42 Å². The molecular formula is C15H20F2N2O2. The van der Waals surface area contributed by atoms with E-state index in [0.29, 0.717) is 12.0 Å². The fourth-order valence-electron chi connectivity index (χ4n) is 2.70. The van der Waals surface area contributed by atoms with Gasteiger partial charge in [0.25, 0.3) is 0 Å². The van der Waals surface area contributed by atoms with Gasteiger partial charge in [0, 0.05) is 19.1 Å². The number of aliphatic carboxylic acids is 1. The predicted octanol–water partition coefficient (Wildman–Crippen LogP) is 1.65. The third-order valence-electron chi connectivity index (χ3n) is 3.76. The highest BCUT2D eigenvalue weighted by molar-refractivity contribution is 5.67. The first-order valence-electron chi connectivity index (χ1n) is 7.17. The Morgan fingerprint density at radius 3 is 2.81 bits per heavy atom. The number of carbonyl (C=O) groups is 1. The fourth-order valence-corrected chi connectivity index (χ4v) is 2.70. The van der Waals surface area contributed by atoms with Crippen LogP contribution in [-0.4, -0.2) is 48.2 Å². The molecule has 1 atom stereocenters. The number of hydrogen-bond donors (Lipinski definition) is 2. The van der Waals surface area contributed by atoms with Crippen LogP contribution >= 0.6 is 0 Å². The largest absolute Gasteiger partial charge is 0.481 e. The second-order valence-corrected chi connectivity index (χ2v) is 5.34. The molecule has 2 rings (SSSR count). The maximum Gasteiger partial charge on any atom is 0.304 e. The average Bonchev–Trinajstić information content (AvgIpc) is 2.70. The maximum absolute atomic E-state index is 13.3. The highest BCUT2D eigenvalue weighted by Gasteiger charge is 2.23. The molecule has 1 aromatic rings. The van der Waals surface area contributed by atoms with Gasteiger partial charge in [-0.15, -0.1) is 0 Å². The molecule has 1 heterocycles. The number of benzene rings is 1. The van der Waals surface area contributed by atoms with Crippen LogP contribution in [0.25, 0.3) is 0 Å². The van der Waals surface area contributed by atoms with Crippen LogP contribution in [0.5, 0.6) is 0 Å². The summed E-state index contributed by atoms with van der Waals surface area (Å²) in [7, 11) is 0. The van der Waals surface area contributed by atoms with Gasteiger partial charge in [-0.05, 0) is 43.6 Å². The highest BCUT2D eigenvalue weighted by atomic mass is 19.2. The van der Waals surface area contributed by atoms with Crippen molar-refractivity contribution < 1.29 is 18.7 Å². The van der Waals surface area contributed by atoms with Crippen LogP contribution in [0.1, 0.15) is 18.4 Å². The van der Waals surface area contributed by atoms with Gasteiger partial charge in [0.15, 0.2) is 11.6 Å². The highest BCUT2D eigenvalue weighted by Crippen LogP contribution is 2.16. The van der Waals surface area contributed by atoms with Crippen LogP contribution in [0.2, 0.25) is 0 Å². The summed E-state index contributed by atoms with van der Waals surface area (Å²) in [5.74, 6) is -2.65. The lowest BCUT2D eigenvalue weighted by molar-refractivity contribution is -0.138. The standard InChI is InChI=1S/C15H20F2N2O2/c16-13-3-2-11(9-14(13)17)8-12(10-15(20)21)19-6-1-4-18-5-7-19/h2-3,9,12,18H,1,4-8,10H2,(H,20,21). The van der Waals surface area contributed by atoms with Crippen LogP contribution in [0.15, 0.2) is 18.2 Å². The summed E-state index contributed by atoms with van der Waals surface area (Å²) in [6.45, 7) is 3.31. The Labute approximate surface area is 122 Å². The Morgan fingerprint density at radius 2 is 2.10 bits per heavy atom. The Balaban J connectivity index is 2.10. The lowest BCUT2D eigenvalue weighted by atomic mass is 10.0. The first-order valence-corrected chi connectivity index (χ1v) is 7.17. The minimum atomic E-state index is -0.890. The molecule has 0 amide bonds. The number of rotatable bonds is 5. The van der Waals surface area contributed by atoms with Crippen molar-refractivity contribution in [1.82, 2.24) is 10.2 Å². The third kappa shape index (κ3) is 4.75. The molecule has 0 spiro atoms. The van der Waals surface area contributed by atoms with E-state index in [9.17, 15) is 13.6 Å². The molecule has 1 aromatic carbocycles. The lowest BCUT2D eigenvalue weighted by Crippen LogP contribution is -2.40. The van der Waals surface area contributed by atoms with E-state index < -0.39 is 17.6 Å². The normalized spacial score (nSPS) is 18.2. The van der Waals surface area contributed by atoms with E-state index in [1.807, 2.05) is 0 Å². The molecule has 2 N–H and O–H groups in total. The van der Waals surface area contributed by atoms with Crippen molar-refractivity contribution in [2.24, 2.45) is 0 Å². The molecule has 0 aromatic heterocycles. The number of carboxylic acid groups (broad SMARTS) is 1. The Morgan fingerprint density at radius 1 is 1.29 bits per heavy atom. The molecule has 1 unspecified atom stereocenters. The molecule has 1 fully saturated rings. The molecule has 0 saturated carbocycles. The molecule has 0 bridgehead atoms. The van der Waals surface area contributed by atoms with Crippen LogP contribution in [-0.2, 0) is 11.2 Å². The summed E-state index contributed by atoms with van der Waals surface area (Å²) in [5, 5.41) is 12.4. The summed E-state index contributed by atoms with van der Waals surface area (Å²) in [5.41, 5.74) is 0.623. The monoisotopic (exact) mass is 298 g/mol. The van der Waals surface area contributed by atoms with Crippen LogP contribution < -0.4 is 5.32 Å². The van der Waals surface area contributed by atoms with Gasteiger partial charge < -0.3 is 10.4 Å². The first-order chi connectivity index (χ1) is 10.1. The zero-order valence-corrected chi connectivity index (χ0v) is 11.8. The molecule has 0 radical (unpaired) electrons. The SMILES string of the molecule is O=C(O)CC(Cc1ccc(F)c(F)c1)N1CCCNCC1. The Kier molecular flexibility index (Phi) is 5.64. The molecule has 0 aliphatic carbocycles. The Hall–Kier alpha value is -1.53. The quantitative estimate of drug-likeness (QED) is 0.868. The van der Waals surface area contributed by atoms with E-state index in [1.165, 1.54) is 6.07 Å². The number of hydrogen-bond acceptors (Lipinski definition) is 3. The van der Waals surface area contributed by atoms with Gasteiger partial charge in [0.1, 0.15) is 0 Å². The molecule has 1 saturated heterocycles. The summed E-state index contributed by atoms with van der Waals surface area (Å²) in [4.78, 5) is 13.2. The minimum Gasteiger partial charge on any atom is -0.481 e. The molecule has 1 aliphatic heterocycles. The van der Waals surface area contributed by atoms with Crippen molar-refractivity contribution >= 4 is 5.97 Å². The molecule has 1 aliphatic rings. The van der Waals surface area contributed by atoms with E-state index in [1.54, 1.807) is 0 Å². The number of halogens is 2. The van der Waals surface area contributed by atoms with Gasteiger partial charge in [0.2, 0.25) is 0 Å². The summed E-state index contributed by atoms with van der Waals surface area (Å²) in [6, 6.07) is 3.56. The molecule has 21 heavy (non-hydrogen) atoms. The summed E-state index contributed by atoms with van der Waals surface area (Å²) >= 11 is 0. The number of nitrogens with one attached hydrogen (secondary N) is 1. The molecule has 4 nitrogen and oxygen atoms in total. The van der Waals surface area contributed by atoms with E-state index in [0.717, 1.165) is 44.7 Å². The van der Waals surface area contributed by atoms with Crippen LogP contribution in [0, 0.1) is 11.6 Å². The van der Waals surface area contributed by atoms with E-state index in [2.05, 4.69) is 10.2 Å². The predicted molar refractivity (Wildman–Crippen MR) is 75.2 cm³/mol. The fraction of sp³-hybridized carbons (Fsp3) is 0.533. The van der Waals surface area contributed by atoms with Crippen molar-refractivity contribution in [2.75, 3.05) is 26.2 Å². The zero-order chi connectivity index (χ0) is 15.2. The van der Waals surface area contributed by atoms with E-state index >= 15 is 0 Å². The topological polar surface area (TPSA) is 52.6 Å². The van der Waals surface area contributed by atoms with Crippen molar-refractivity contribution in [3.63, 3.8) is 0 Å². The third-order valence-corrected chi connectivity index (χ3v) is 3.76. The van der Waals surface area contributed by atoms with Crippen LogP contribution in [0.4, 0.5) is 8.78 Å². The molecular weight excluding hydrogens is 278 g/mol. The van der Waals surface area contributed by atoms with Gasteiger partial charge in [-0.2, -0.15) is 0 Å². The van der Waals surface area contributed by atoms with Gasteiger partial charge >= 0.3 is 5.97 Å². The second-order valence-electron chi connectivity index (χ2n) is 5.34. The van der Waals surface area contributed by atoms with Gasteiger partial charge in [-0.25, -0.2) is 8.78 Å². The van der Waals surface area contributed by atoms with Crippen molar-refractivity contribution in [2.45, 2.75) is 25.3 Å². The van der Waals surface area contributed by atoms with Crippen molar-refractivity contribution in [3.8, 4) is 0 Å². The number of nitrogens with zero attached hydrogens (tertiary/aromatic N) is 1. The second kappa shape index (κ2) is 7.47. The van der Waals surface area contributed by atoms with Crippen molar-refractivity contribution in [1.29, 1.82) is 0 Å². The van der Waals surface area contributed by atoms with Gasteiger partial charge in [-0.1, -0.05) is 6.07 Å². The number of carboxylic acids is 1. The first kappa shape index (κ1) is 15.9. The zero-order valence-electron chi connectivity index (χ0n) is 11.8. The van der Waals surface area contributed by atoms with Crippen molar-refractivity contribution in [3.05, 3.63) is 35.4 Å². The smallest absolute Gasteiger partial charge is 0.304 e. The summed E-state index contributed by atoms with van der Waals surface area (Å²) in [6.07, 6.45) is 1.36. The summed E-state index contributed by atoms with van der Waals surface area (Å²) < 4.78 is 26.3. The Bertz CT molecular complexity index is 489. The minimum absolute atomic E-state index is 0.000997.